The van der Waals surface area contributed by atoms with E-state index in [0.717, 1.165) is 23.0 Å². The molecule has 3 N–H and O–H groups in total. The number of ketones is 1. The van der Waals surface area contributed by atoms with Crippen molar-refractivity contribution in [2.75, 3.05) is 13.2 Å². The summed E-state index contributed by atoms with van der Waals surface area (Å²) < 4.78 is 19.1. The largest absolute Gasteiger partial charge is 0.394 e. The van der Waals surface area contributed by atoms with Crippen LogP contribution in [0.4, 0.5) is 0 Å². The molecule has 5 aliphatic rings. The van der Waals surface area contributed by atoms with Crippen LogP contribution in [0.15, 0.2) is 29.8 Å². The molecule has 1 aromatic carbocycles. The van der Waals surface area contributed by atoms with Crippen molar-refractivity contribution in [3.05, 3.63) is 46.7 Å². The molecule has 2 aliphatic heterocycles. The molecule has 38 heavy (non-hydrogen) atoms. The van der Waals surface area contributed by atoms with Gasteiger partial charge < -0.3 is 29.4 Å². The third kappa shape index (κ3) is 2.60. The van der Waals surface area contributed by atoms with Crippen molar-refractivity contribution in [1.82, 2.24) is 4.98 Å². The van der Waals surface area contributed by atoms with E-state index in [1.165, 1.54) is 5.56 Å². The standard InChI is InChI=1S/C30H34N2O6/c1-26(2)25-21(34)14-22-29(37-25,38-26)8-7-27(3)28(4)17(13-23(30(22,27)35)36-10-9-33)12-19-18-11-16(15-31)5-6-20(18)32-24(19)28/h5-6,11,14,17,23,25,32-33,35H,7-10,12-13H2,1-4H3/t17-,23+,25+,27-,28-,29+,30+/m1/s1. The van der Waals surface area contributed by atoms with Crippen LogP contribution in [0, 0.1) is 22.7 Å². The Morgan fingerprint density at radius 3 is 2.76 bits per heavy atom. The lowest BCUT2D eigenvalue weighted by molar-refractivity contribution is -0.281. The zero-order valence-corrected chi connectivity index (χ0v) is 22.3. The first-order valence-corrected chi connectivity index (χ1v) is 13.6. The van der Waals surface area contributed by atoms with Crippen LogP contribution in [0.2, 0.25) is 0 Å². The summed E-state index contributed by atoms with van der Waals surface area (Å²) in [6.07, 6.45) is 2.61. The Hall–Kier alpha value is -2.54. The maximum Gasteiger partial charge on any atom is 0.195 e. The number of carbonyl (C=O) groups is 1. The van der Waals surface area contributed by atoms with Crippen molar-refractivity contribution < 1.29 is 29.2 Å². The smallest absolute Gasteiger partial charge is 0.195 e. The molecule has 1 spiro atoms. The van der Waals surface area contributed by atoms with Gasteiger partial charge >= 0.3 is 0 Å². The molecule has 200 valence electrons. The van der Waals surface area contributed by atoms with Gasteiger partial charge in [0.05, 0.1) is 31.0 Å². The molecule has 7 rings (SSSR count). The molecule has 0 amide bonds. The van der Waals surface area contributed by atoms with E-state index < -0.39 is 40.0 Å². The lowest BCUT2D eigenvalue weighted by atomic mass is 9.41. The number of nitrogens with one attached hydrogen (secondary N) is 1. The van der Waals surface area contributed by atoms with E-state index in [1.54, 1.807) is 6.08 Å². The SMILES string of the molecule is CC1(C)O[C@@]23CC[C@]4(C)[C@@]5(C)c6[nH]c7ccc(C#N)cc7c6C[C@@H]5C[C@H](OCCO)[C@@]4(O)C2=CC(=O)[C@@H]1O3. The van der Waals surface area contributed by atoms with Gasteiger partial charge in [0.15, 0.2) is 17.7 Å². The Bertz CT molecular complexity index is 1470. The third-order valence-corrected chi connectivity index (χ3v) is 10.9. The van der Waals surface area contributed by atoms with Gasteiger partial charge in [0, 0.05) is 39.4 Å². The zero-order valence-electron chi connectivity index (χ0n) is 22.3. The van der Waals surface area contributed by atoms with Crippen LogP contribution in [0.3, 0.4) is 0 Å². The minimum atomic E-state index is -1.58. The normalized spacial score (nSPS) is 42.2. The molecule has 8 heteroatoms. The minimum Gasteiger partial charge on any atom is -0.394 e. The van der Waals surface area contributed by atoms with Gasteiger partial charge in [0.1, 0.15) is 11.2 Å². The van der Waals surface area contributed by atoms with Crippen molar-refractivity contribution >= 4 is 16.7 Å². The average Bonchev–Trinajstić information content (AvgIpc) is 3.46. The quantitative estimate of drug-likeness (QED) is 0.570. The summed E-state index contributed by atoms with van der Waals surface area (Å²) >= 11 is 0. The number of benzene rings is 1. The first-order chi connectivity index (χ1) is 17.9. The molecular weight excluding hydrogens is 484 g/mol. The zero-order chi connectivity index (χ0) is 26.9. The number of aliphatic hydroxyl groups excluding tert-OH is 1. The van der Waals surface area contributed by atoms with Crippen LogP contribution in [0.1, 0.15) is 63.8 Å². The molecule has 1 saturated heterocycles. The lowest BCUT2D eigenvalue weighted by Gasteiger charge is -2.67. The number of fused-ring (bicyclic) bond motifs is 9. The number of aliphatic hydroxyl groups is 2. The molecule has 2 aromatic rings. The molecule has 0 radical (unpaired) electrons. The van der Waals surface area contributed by atoms with Gasteiger partial charge in [-0.3, -0.25) is 4.79 Å². The maximum absolute atomic E-state index is 13.3. The summed E-state index contributed by atoms with van der Waals surface area (Å²) in [5.74, 6) is -1.24. The Morgan fingerprint density at radius 2 is 2.03 bits per heavy atom. The third-order valence-electron chi connectivity index (χ3n) is 10.9. The van der Waals surface area contributed by atoms with Crippen LogP contribution in [0.5, 0.6) is 0 Å². The highest BCUT2D eigenvalue weighted by atomic mass is 16.8. The summed E-state index contributed by atoms with van der Waals surface area (Å²) in [5, 5.41) is 33.3. The highest BCUT2D eigenvalue weighted by molar-refractivity contribution is 5.97. The predicted octanol–water partition coefficient (Wildman–Crippen LogP) is 3.18. The van der Waals surface area contributed by atoms with Crippen molar-refractivity contribution in [1.29, 1.82) is 5.26 Å². The van der Waals surface area contributed by atoms with Crippen LogP contribution in [0.25, 0.3) is 10.9 Å². The van der Waals surface area contributed by atoms with Gasteiger partial charge in [-0.1, -0.05) is 13.8 Å². The molecule has 8 nitrogen and oxygen atoms in total. The molecule has 3 heterocycles. The van der Waals surface area contributed by atoms with Crippen molar-refractivity contribution in [3.8, 4) is 6.07 Å². The average molecular weight is 519 g/mol. The second kappa shape index (κ2) is 7.35. The highest BCUT2D eigenvalue weighted by Crippen LogP contribution is 2.72. The Morgan fingerprint density at radius 1 is 1.24 bits per heavy atom. The number of hydrogen-bond acceptors (Lipinski definition) is 7. The maximum atomic E-state index is 13.3. The first-order valence-electron chi connectivity index (χ1n) is 13.6. The second-order valence-electron chi connectivity index (χ2n) is 12.8. The fourth-order valence-corrected chi connectivity index (χ4v) is 8.90. The molecule has 2 bridgehead atoms. The number of nitrogens with zero attached hydrogens (tertiary/aromatic N) is 1. The topological polar surface area (TPSA) is 125 Å². The fraction of sp³-hybridized carbons (Fsp3) is 0.600. The van der Waals surface area contributed by atoms with Crippen molar-refractivity contribution in [2.45, 2.75) is 88.0 Å². The summed E-state index contributed by atoms with van der Waals surface area (Å²) in [4.78, 5) is 17.0. The van der Waals surface area contributed by atoms with E-state index in [2.05, 4.69) is 24.9 Å². The Kier molecular flexibility index (Phi) is 4.74. The molecular formula is C30H34N2O6. The van der Waals surface area contributed by atoms with Gasteiger partial charge in [-0.05, 0) is 68.9 Å². The van der Waals surface area contributed by atoms with Crippen LogP contribution >= 0.6 is 0 Å². The van der Waals surface area contributed by atoms with E-state index in [-0.39, 0.29) is 24.9 Å². The van der Waals surface area contributed by atoms with E-state index in [0.29, 0.717) is 30.4 Å². The van der Waals surface area contributed by atoms with E-state index in [4.69, 9.17) is 14.2 Å². The van der Waals surface area contributed by atoms with Crippen LogP contribution in [-0.2, 0) is 30.8 Å². The van der Waals surface area contributed by atoms with Crippen molar-refractivity contribution in [2.24, 2.45) is 11.3 Å². The summed E-state index contributed by atoms with van der Waals surface area (Å²) in [5.41, 5.74) is 0.662. The molecule has 2 saturated carbocycles. The van der Waals surface area contributed by atoms with E-state index in [1.807, 2.05) is 32.0 Å². The second-order valence-corrected chi connectivity index (χ2v) is 12.8. The van der Waals surface area contributed by atoms with E-state index in [9.17, 15) is 20.3 Å². The number of nitriles is 1. The monoisotopic (exact) mass is 518 g/mol. The Balaban J connectivity index is 1.45. The molecule has 1 aromatic heterocycles. The Labute approximate surface area is 221 Å². The molecule has 7 atom stereocenters. The van der Waals surface area contributed by atoms with Gasteiger partial charge in [-0.15, -0.1) is 0 Å². The molecule has 3 aliphatic carbocycles. The number of ether oxygens (including phenoxy) is 3. The lowest BCUT2D eigenvalue weighted by Crippen LogP contribution is -2.74. The molecule has 3 fully saturated rings. The predicted molar refractivity (Wildman–Crippen MR) is 137 cm³/mol. The summed E-state index contributed by atoms with van der Waals surface area (Å²) in [6, 6.07) is 7.97. The number of aromatic nitrogens is 1. The number of rotatable bonds is 3. The van der Waals surface area contributed by atoms with E-state index >= 15 is 0 Å². The van der Waals surface area contributed by atoms with Crippen LogP contribution in [-0.4, -0.2) is 63.4 Å². The van der Waals surface area contributed by atoms with Gasteiger partial charge in [0.2, 0.25) is 0 Å². The first kappa shape index (κ1) is 24.5. The number of aromatic amines is 1. The van der Waals surface area contributed by atoms with Gasteiger partial charge in [-0.25, -0.2) is 0 Å². The molecule has 0 unspecified atom stereocenters. The fourth-order valence-electron chi connectivity index (χ4n) is 8.90. The van der Waals surface area contributed by atoms with Crippen LogP contribution < -0.4 is 0 Å². The summed E-state index contributed by atoms with van der Waals surface area (Å²) in [7, 11) is 0. The number of hydrogen-bond donors (Lipinski definition) is 3. The van der Waals surface area contributed by atoms with Crippen molar-refractivity contribution in [3.63, 3.8) is 0 Å². The highest BCUT2D eigenvalue weighted by Gasteiger charge is 2.78. The summed E-state index contributed by atoms with van der Waals surface area (Å²) in [6.45, 7) is 7.97. The number of carbonyl (C=O) groups excluding carboxylic acids is 1. The number of H-pyrrole nitrogens is 1. The van der Waals surface area contributed by atoms with Gasteiger partial charge in [0.25, 0.3) is 0 Å². The minimum absolute atomic E-state index is 0.0797. The van der Waals surface area contributed by atoms with Gasteiger partial charge in [-0.2, -0.15) is 5.26 Å².